The first-order valence-electron chi connectivity index (χ1n) is 10.7. The number of aromatic nitrogens is 3. The van der Waals surface area contributed by atoms with Gasteiger partial charge in [-0.15, -0.1) is 10.2 Å². The van der Waals surface area contributed by atoms with Crippen molar-refractivity contribution in [3.05, 3.63) is 28.2 Å². The second kappa shape index (κ2) is 10.3. The highest BCUT2D eigenvalue weighted by Gasteiger charge is 2.23. The number of β-amino-alcohol motifs (C(OH)–C–C–N with tert-alkyl or cyclic N) is 1. The van der Waals surface area contributed by atoms with Crippen LogP contribution in [0.15, 0.2) is 18.2 Å². The molecular weight excluding hydrogens is 439 g/mol. The Labute approximate surface area is 192 Å². The highest BCUT2D eigenvalue weighted by atomic mass is 35.5. The molecule has 0 amide bonds. The van der Waals surface area contributed by atoms with E-state index in [2.05, 4.69) is 20.1 Å². The Balaban J connectivity index is 1.28. The van der Waals surface area contributed by atoms with E-state index in [9.17, 15) is 5.11 Å². The third-order valence-electron chi connectivity index (χ3n) is 5.92. The lowest BCUT2D eigenvalue weighted by molar-refractivity contribution is -0.00602. The van der Waals surface area contributed by atoms with Crippen LogP contribution in [0.4, 0.5) is 11.8 Å². The lowest BCUT2D eigenvalue weighted by Crippen LogP contribution is -2.49. The van der Waals surface area contributed by atoms with E-state index in [0.717, 1.165) is 32.8 Å². The van der Waals surface area contributed by atoms with E-state index < -0.39 is 6.10 Å². The van der Waals surface area contributed by atoms with E-state index in [1.54, 1.807) is 18.2 Å². The normalized spacial score (nSPS) is 18.7. The Morgan fingerprint density at radius 2 is 1.94 bits per heavy atom. The molecule has 1 aromatic heterocycles. The van der Waals surface area contributed by atoms with Crippen LogP contribution in [0, 0.1) is 5.92 Å². The number of aliphatic hydroxyl groups excluding tert-OH is 1. The van der Waals surface area contributed by atoms with E-state index in [1.165, 1.54) is 19.3 Å². The van der Waals surface area contributed by atoms with Crippen molar-refractivity contribution in [2.24, 2.45) is 5.92 Å². The molecule has 4 rings (SSSR count). The molecule has 1 aromatic carbocycles. The molecule has 1 atom stereocenters. The van der Waals surface area contributed by atoms with Gasteiger partial charge in [-0.3, -0.25) is 4.90 Å². The van der Waals surface area contributed by atoms with Crippen LogP contribution < -0.4 is 10.6 Å². The van der Waals surface area contributed by atoms with Gasteiger partial charge >= 0.3 is 0 Å². The van der Waals surface area contributed by atoms with Gasteiger partial charge < -0.3 is 20.5 Å². The Hall–Kier alpha value is -1.71. The van der Waals surface area contributed by atoms with Gasteiger partial charge in [0.1, 0.15) is 5.69 Å². The number of benzene rings is 1. The molecule has 2 heterocycles. The van der Waals surface area contributed by atoms with Gasteiger partial charge in [-0.25, -0.2) is 0 Å². The number of anilines is 2. The van der Waals surface area contributed by atoms with Crippen molar-refractivity contribution in [1.29, 1.82) is 0 Å². The molecule has 1 saturated carbocycles. The van der Waals surface area contributed by atoms with Gasteiger partial charge in [0.25, 0.3) is 0 Å². The van der Waals surface area contributed by atoms with Crippen LogP contribution in [0.25, 0.3) is 11.3 Å². The summed E-state index contributed by atoms with van der Waals surface area (Å²) in [6.45, 7) is 4.82. The lowest BCUT2D eigenvalue weighted by atomic mass is 9.86. The van der Waals surface area contributed by atoms with Crippen molar-refractivity contribution in [1.82, 2.24) is 20.1 Å². The highest BCUT2D eigenvalue weighted by molar-refractivity contribution is 6.43. The fourth-order valence-corrected chi connectivity index (χ4v) is 4.24. The standard InChI is InChI=1S/C21H28Cl2N6O2/c22-17-6-2-5-16(18(17)23)19-20(24)25-21(27-26-19)29-9-7-28(8-10-29)11-15(30)13-31-12-14-3-1-4-14/h2,5-6,14-15,30H,1,3-4,7-13H2,(H2,24,25,27)/t15-/m0/s1. The maximum Gasteiger partial charge on any atom is 0.247 e. The summed E-state index contributed by atoms with van der Waals surface area (Å²) >= 11 is 12.4. The summed E-state index contributed by atoms with van der Waals surface area (Å²) in [4.78, 5) is 8.71. The zero-order valence-electron chi connectivity index (χ0n) is 17.4. The second-order valence-electron chi connectivity index (χ2n) is 8.22. The minimum absolute atomic E-state index is 0.260. The molecule has 8 nitrogen and oxygen atoms in total. The van der Waals surface area contributed by atoms with Gasteiger partial charge in [-0.05, 0) is 24.8 Å². The number of nitrogens with zero attached hydrogens (tertiary/aromatic N) is 5. The highest BCUT2D eigenvalue weighted by Crippen LogP contribution is 2.34. The molecule has 1 aliphatic carbocycles. The van der Waals surface area contributed by atoms with Crippen LogP contribution in [0.1, 0.15) is 19.3 Å². The maximum atomic E-state index is 10.3. The van der Waals surface area contributed by atoms with Crippen molar-refractivity contribution in [2.45, 2.75) is 25.4 Å². The van der Waals surface area contributed by atoms with Crippen LogP contribution in [-0.2, 0) is 4.74 Å². The number of piperazine rings is 1. The monoisotopic (exact) mass is 466 g/mol. The zero-order chi connectivity index (χ0) is 21.8. The molecular formula is C21H28Cl2N6O2. The van der Waals surface area contributed by atoms with Gasteiger partial charge in [0.05, 0.1) is 22.8 Å². The maximum absolute atomic E-state index is 10.3. The number of hydrogen-bond acceptors (Lipinski definition) is 8. The topological polar surface area (TPSA) is 101 Å². The summed E-state index contributed by atoms with van der Waals surface area (Å²) in [7, 11) is 0. The van der Waals surface area contributed by atoms with E-state index in [-0.39, 0.29) is 5.82 Å². The summed E-state index contributed by atoms with van der Waals surface area (Å²) in [6, 6.07) is 5.27. The second-order valence-corrected chi connectivity index (χ2v) is 9.01. The van der Waals surface area contributed by atoms with Crippen molar-refractivity contribution in [2.75, 3.05) is 56.6 Å². The first kappa shape index (κ1) is 22.5. The minimum atomic E-state index is -0.470. The Kier molecular flexibility index (Phi) is 7.45. The van der Waals surface area contributed by atoms with E-state index in [1.807, 2.05) is 4.90 Å². The molecule has 0 unspecified atom stereocenters. The summed E-state index contributed by atoms with van der Waals surface area (Å²) in [5.74, 6) is 1.44. The van der Waals surface area contributed by atoms with Gasteiger partial charge in [0, 0.05) is 44.9 Å². The fourth-order valence-electron chi connectivity index (χ4n) is 3.85. The van der Waals surface area contributed by atoms with Gasteiger partial charge in [0.15, 0.2) is 5.82 Å². The van der Waals surface area contributed by atoms with Crippen molar-refractivity contribution >= 4 is 35.0 Å². The molecule has 10 heteroatoms. The molecule has 31 heavy (non-hydrogen) atoms. The number of halogens is 2. The molecule has 0 bridgehead atoms. The molecule has 168 valence electrons. The van der Waals surface area contributed by atoms with Crippen molar-refractivity contribution in [3.8, 4) is 11.3 Å². The smallest absolute Gasteiger partial charge is 0.247 e. The molecule has 3 N–H and O–H groups in total. The van der Waals surface area contributed by atoms with Crippen LogP contribution in [0.5, 0.6) is 0 Å². The van der Waals surface area contributed by atoms with Gasteiger partial charge in [-0.1, -0.05) is 41.8 Å². The van der Waals surface area contributed by atoms with Gasteiger partial charge in [0.2, 0.25) is 5.95 Å². The minimum Gasteiger partial charge on any atom is -0.389 e. The third kappa shape index (κ3) is 5.56. The summed E-state index contributed by atoms with van der Waals surface area (Å²) in [5, 5.41) is 19.6. The van der Waals surface area contributed by atoms with Crippen LogP contribution in [0.3, 0.4) is 0 Å². The fraction of sp³-hybridized carbons (Fsp3) is 0.571. The lowest BCUT2D eigenvalue weighted by Gasteiger charge is -2.35. The zero-order valence-corrected chi connectivity index (χ0v) is 18.9. The number of nitrogens with two attached hydrogens (primary N) is 1. The largest absolute Gasteiger partial charge is 0.389 e. The predicted molar refractivity (Wildman–Crippen MR) is 123 cm³/mol. The predicted octanol–water partition coefficient (Wildman–Crippen LogP) is 2.73. The molecule has 2 fully saturated rings. The summed E-state index contributed by atoms with van der Waals surface area (Å²) < 4.78 is 5.66. The average molecular weight is 467 g/mol. The SMILES string of the molecule is Nc1nc(N2CCN(C[C@H](O)COCC3CCC3)CC2)nnc1-c1cccc(Cl)c1Cl. The van der Waals surface area contributed by atoms with Gasteiger partial charge in [-0.2, -0.15) is 4.98 Å². The summed E-state index contributed by atoms with van der Waals surface area (Å²) in [5.41, 5.74) is 7.18. The van der Waals surface area contributed by atoms with E-state index in [0.29, 0.717) is 46.3 Å². The van der Waals surface area contributed by atoms with Crippen molar-refractivity contribution < 1.29 is 9.84 Å². The van der Waals surface area contributed by atoms with Crippen LogP contribution >= 0.6 is 23.2 Å². The molecule has 2 aliphatic rings. The quantitative estimate of drug-likeness (QED) is 0.612. The van der Waals surface area contributed by atoms with E-state index in [4.69, 9.17) is 33.7 Å². The van der Waals surface area contributed by atoms with E-state index >= 15 is 0 Å². The first-order chi connectivity index (χ1) is 15.0. The molecule has 0 spiro atoms. The first-order valence-corrected chi connectivity index (χ1v) is 11.4. The van der Waals surface area contributed by atoms with Crippen LogP contribution in [-0.4, -0.2) is 77.2 Å². The molecule has 1 saturated heterocycles. The Morgan fingerprint density at radius 3 is 2.61 bits per heavy atom. The molecule has 1 aliphatic heterocycles. The number of hydrogen-bond donors (Lipinski definition) is 2. The van der Waals surface area contributed by atoms with Crippen molar-refractivity contribution in [3.63, 3.8) is 0 Å². The number of ether oxygens (including phenoxy) is 1. The molecule has 0 radical (unpaired) electrons. The third-order valence-corrected chi connectivity index (χ3v) is 6.74. The van der Waals surface area contributed by atoms with Crippen LogP contribution in [0.2, 0.25) is 10.0 Å². The number of rotatable bonds is 8. The summed E-state index contributed by atoms with van der Waals surface area (Å²) in [6.07, 6.45) is 3.35. The molecule has 2 aromatic rings. The Morgan fingerprint density at radius 1 is 1.16 bits per heavy atom. The number of nitrogen functional groups attached to an aromatic ring is 1. The average Bonchev–Trinajstić information content (AvgIpc) is 2.73. The Bertz CT molecular complexity index is 890. The number of aliphatic hydroxyl groups is 1.